The van der Waals surface area contributed by atoms with Crippen molar-refractivity contribution >= 4 is 22.9 Å². The Morgan fingerprint density at radius 1 is 1.33 bits per heavy atom. The first kappa shape index (κ1) is 19.4. The van der Waals surface area contributed by atoms with Crippen molar-refractivity contribution in [3.05, 3.63) is 36.1 Å². The Labute approximate surface area is 158 Å². The Morgan fingerprint density at radius 2 is 2.04 bits per heavy atom. The molecular formula is C20H26N2O5. The molecule has 0 bridgehead atoms. The van der Waals surface area contributed by atoms with Crippen LogP contribution in [0.3, 0.4) is 0 Å². The molecule has 3 atom stereocenters. The van der Waals surface area contributed by atoms with Crippen LogP contribution in [0.1, 0.15) is 45.4 Å². The van der Waals surface area contributed by atoms with Crippen LogP contribution in [0.5, 0.6) is 0 Å². The predicted octanol–water partition coefficient (Wildman–Crippen LogP) is 2.90. The van der Waals surface area contributed by atoms with Gasteiger partial charge in [-0.05, 0) is 45.7 Å². The number of para-hydroxylation sites is 1. The van der Waals surface area contributed by atoms with E-state index < -0.39 is 23.8 Å². The molecule has 1 fully saturated rings. The van der Waals surface area contributed by atoms with Gasteiger partial charge >= 0.3 is 11.9 Å². The van der Waals surface area contributed by atoms with E-state index in [1.54, 1.807) is 17.0 Å². The molecule has 0 aliphatic carbocycles. The number of hydrogen-bond donors (Lipinski definition) is 2. The normalized spacial score (nSPS) is 22.5. The summed E-state index contributed by atoms with van der Waals surface area (Å²) in [6.45, 7) is 5.84. The number of nitrogens with zero attached hydrogens (tertiary/aromatic N) is 1. The van der Waals surface area contributed by atoms with Crippen molar-refractivity contribution in [2.24, 2.45) is 11.7 Å². The summed E-state index contributed by atoms with van der Waals surface area (Å²) in [5.41, 5.74) is 6.33. The van der Waals surface area contributed by atoms with Crippen molar-refractivity contribution in [2.75, 3.05) is 6.54 Å². The number of fused-ring (bicyclic) bond motifs is 1. The molecule has 27 heavy (non-hydrogen) atoms. The highest BCUT2D eigenvalue weighted by atomic mass is 16.6. The Hall–Kier alpha value is -2.38. The standard InChI is InChI=1S/C20H26N2O5/c1-20(2,3)27-19(25)13-8-9-22(16(21)11-13)17(18(23)24)15-10-12-6-4-5-7-14(12)26-15/h4-7,10,13,16-17H,8-9,11,21H2,1-3H3,(H,23,24)/t13-,16+,17-/m1/s1. The lowest BCUT2D eigenvalue weighted by Gasteiger charge is -2.39. The predicted molar refractivity (Wildman–Crippen MR) is 99.8 cm³/mol. The molecule has 2 heterocycles. The molecule has 3 rings (SSSR count). The van der Waals surface area contributed by atoms with E-state index >= 15 is 0 Å². The largest absolute Gasteiger partial charge is 0.480 e. The number of likely N-dealkylation sites (tertiary alicyclic amines) is 1. The SMILES string of the molecule is CC(C)(C)OC(=O)[C@@H]1CCN([C@@H](C(=O)O)c2cc3ccccc3o2)[C@H](N)C1. The Morgan fingerprint density at radius 3 is 2.63 bits per heavy atom. The van der Waals surface area contributed by atoms with Gasteiger partial charge in [0, 0.05) is 11.9 Å². The third-order valence-electron chi connectivity index (χ3n) is 4.71. The molecular weight excluding hydrogens is 348 g/mol. The van der Waals surface area contributed by atoms with E-state index in [9.17, 15) is 14.7 Å². The Balaban J connectivity index is 1.78. The lowest BCUT2D eigenvalue weighted by atomic mass is 9.92. The number of furan rings is 1. The first-order chi connectivity index (χ1) is 12.7. The maximum Gasteiger partial charge on any atom is 0.328 e. The summed E-state index contributed by atoms with van der Waals surface area (Å²) < 4.78 is 11.2. The van der Waals surface area contributed by atoms with E-state index in [2.05, 4.69) is 0 Å². The number of benzene rings is 1. The summed E-state index contributed by atoms with van der Waals surface area (Å²) in [5, 5.41) is 10.6. The van der Waals surface area contributed by atoms with Crippen LogP contribution in [0.15, 0.2) is 34.7 Å². The van der Waals surface area contributed by atoms with Crippen molar-refractivity contribution in [1.29, 1.82) is 0 Å². The van der Waals surface area contributed by atoms with E-state index in [1.807, 2.05) is 39.0 Å². The van der Waals surface area contributed by atoms with Crippen molar-refractivity contribution in [3.63, 3.8) is 0 Å². The van der Waals surface area contributed by atoms with Crippen LogP contribution in [0.4, 0.5) is 0 Å². The average molecular weight is 374 g/mol. The zero-order chi connectivity index (χ0) is 19.8. The van der Waals surface area contributed by atoms with Crippen molar-refractivity contribution in [3.8, 4) is 0 Å². The maximum atomic E-state index is 12.3. The van der Waals surface area contributed by atoms with Gasteiger partial charge in [0.1, 0.15) is 16.9 Å². The fourth-order valence-corrected chi connectivity index (χ4v) is 3.50. The molecule has 0 amide bonds. The molecule has 0 radical (unpaired) electrons. The molecule has 7 heteroatoms. The van der Waals surface area contributed by atoms with E-state index in [0.29, 0.717) is 30.7 Å². The van der Waals surface area contributed by atoms with Gasteiger partial charge in [0.25, 0.3) is 0 Å². The molecule has 0 saturated carbocycles. The average Bonchev–Trinajstić information content (AvgIpc) is 2.98. The molecule has 1 aromatic carbocycles. The van der Waals surface area contributed by atoms with E-state index in [-0.39, 0.29) is 11.9 Å². The molecule has 7 nitrogen and oxygen atoms in total. The van der Waals surface area contributed by atoms with Gasteiger partial charge in [0.2, 0.25) is 0 Å². The van der Waals surface area contributed by atoms with Crippen molar-refractivity contribution < 1.29 is 23.8 Å². The van der Waals surface area contributed by atoms with Crippen LogP contribution in [-0.4, -0.2) is 40.3 Å². The fraction of sp³-hybridized carbons (Fsp3) is 0.500. The molecule has 1 saturated heterocycles. The van der Waals surface area contributed by atoms with Crippen LogP contribution < -0.4 is 5.73 Å². The number of rotatable bonds is 4. The maximum absolute atomic E-state index is 12.3. The first-order valence-corrected chi connectivity index (χ1v) is 9.11. The summed E-state index contributed by atoms with van der Waals surface area (Å²) in [6.07, 6.45) is 0.261. The minimum Gasteiger partial charge on any atom is -0.480 e. The fourth-order valence-electron chi connectivity index (χ4n) is 3.50. The quantitative estimate of drug-likeness (QED) is 0.793. The van der Waals surface area contributed by atoms with E-state index in [0.717, 1.165) is 5.39 Å². The molecule has 0 unspecified atom stereocenters. The number of carbonyl (C=O) groups is 2. The number of nitrogens with two attached hydrogens (primary N) is 1. The van der Waals surface area contributed by atoms with Gasteiger partial charge in [-0.25, -0.2) is 0 Å². The first-order valence-electron chi connectivity index (χ1n) is 9.11. The number of hydrogen-bond acceptors (Lipinski definition) is 6. The zero-order valence-corrected chi connectivity index (χ0v) is 15.8. The molecule has 1 aromatic heterocycles. The second-order valence-corrected chi connectivity index (χ2v) is 7.99. The molecule has 0 spiro atoms. The van der Waals surface area contributed by atoms with E-state index in [4.69, 9.17) is 14.9 Å². The van der Waals surface area contributed by atoms with Gasteiger partial charge < -0.3 is 20.0 Å². The lowest BCUT2D eigenvalue weighted by Crippen LogP contribution is -2.52. The van der Waals surface area contributed by atoms with Gasteiger partial charge in [-0.2, -0.15) is 0 Å². The van der Waals surface area contributed by atoms with Crippen molar-refractivity contribution in [2.45, 2.75) is 51.4 Å². The van der Waals surface area contributed by atoms with Crippen LogP contribution in [0, 0.1) is 5.92 Å². The minimum atomic E-state index is -1.03. The highest BCUT2D eigenvalue weighted by molar-refractivity contribution is 5.81. The van der Waals surface area contributed by atoms with Gasteiger partial charge in [-0.3, -0.25) is 14.5 Å². The third-order valence-corrected chi connectivity index (χ3v) is 4.71. The number of piperidine rings is 1. The number of ether oxygens (including phenoxy) is 1. The minimum absolute atomic E-state index is 0.284. The van der Waals surface area contributed by atoms with Gasteiger partial charge in [0.15, 0.2) is 6.04 Å². The van der Waals surface area contributed by atoms with E-state index in [1.165, 1.54) is 0 Å². The third kappa shape index (κ3) is 4.31. The highest BCUT2D eigenvalue weighted by Gasteiger charge is 2.40. The van der Waals surface area contributed by atoms with Crippen molar-refractivity contribution in [1.82, 2.24) is 4.90 Å². The van der Waals surface area contributed by atoms with Gasteiger partial charge in [0.05, 0.1) is 12.1 Å². The lowest BCUT2D eigenvalue weighted by molar-refractivity contribution is -0.163. The zero-order valence-electron chi connectivity index (χ0n) is 15.8. The monoisotopic (exact) mass is 374 g/mol. The van der Waals surface area contributed by atoms with Gasteiger partial charge in [-0.1, -0.05) is 18.2 Å². The van der Waals surface area contributed by atoms with Crippen LogP contribution in [0.25, 0.3) is 11.0 Å². The topological polar surface area (TPSA) is 106 Å². The number of carbonyl (C=O) groups excluding carboxylic acids is 1. The Bertz CT molecular complexity index is 805. The number of carboxylic acids is 1. The highest BCUT2D eigenvalue weighted by Crippen LogP contribution is 2.33. The smallest absolute Gasteiger partial charge is 0.328 e. The molecule has 2 aromatic rings. The summed E-state index contributed by atoms with van der Waals surface area (Å²) >= 11 is 0. The second kappa shape index (κ2) is 7.32. The second-order valence-electron chi connectivity index (χ2n) is 7.99. The molecule has 3 N–H and O–H groups in total. The Kier molecular flexibility index (Phi) is 5.26. The molecule has 1 aliphatic heterocycles. The molecule has 146 valence electrons. The summed E-state index contributed by atoms with van der Waals surface area (Å²) in [7, 11) is 0. The van der Waals surface area contributed by atoms with Crippen LogP contribution in [-0.2, 0) is 14.3 Å². The number of carboxylic acid groups (broad SMARTS) is 1. The summed E-state index contributed by atoms with van der Waals surface area (Å²) in [5.74, 6) is -1.30. The van der Waals surface area contributed by atoms with Crippen LogP contribution >= 0.6 is 0 Å². The molecule has 1 aliphatic rings. The number of esters is 1. The number of aliphatic carboxylic acids is 1. The summed E-state index contributed by atoms with van der Waals surface area (Å²) in [4.78, 5) is 26.0. The summed E-state index contributed by atoms with van der Waals surface area (Å²) in [6, 6.07) is 8.12. The van der Waals surface area contributed by atoms with Crippen LogP contribution in [0.2, 0.25) is 0 Å². The van der Waals surface area contributed by atoms with Gasteiger partial charge in [-0.15, -0.1) is 0 Å².